The molecule has 4 heteroatoms. The first-order valence-corrected chi connectivity index (χ1v) is 7.61. The van der Waals surface area contributed by atoms with Crippen molar-refractivity contribution in [3.63, 3.8) is 0 Å². The number of aromatic nitrogens is 1. The molecule has 0 saturated heterocycles. The van der Waals surface area contributed by atoms with Crippen molar-refractivity contribution < 1.29 is 4.79 Å². The number of aryl methyl sites for hydroxylation is 1. The number of amides is 2. The second-order valence-electron chi connectivity index (χ2n) is 6.43. The fourth-order valence-electron chi connectivity index (χ4n) is 3.02. The highest BCUT2D eigenvalue weighted by atomic mass is 16.2. The van der Waals surface area contributed by atoms with E-state index in [-0.39, 0.29) is 17.5 Å². The summed E-state index contributed by atoms with van der Waals surface area (Å²) in [6.45, 7) is 4.65. The lowest BCUT2D eigenvalue weighted by Gasteiger charge is -2.17. The van der Waals surface area contributed by atoms with E-state index in [1.54, 1.807) is 0 Å². The van der Waals surface area contributed by atoms with E-state index in [1.165, 1.54) is 16.5 Å². The first-order valence-electron chi connectivity index (χ1n) is 7.61. The van der Waals surface area contributed by atoms with Crippen molar-refractivity contribution in [2.45, 2.75) is 38.1 Å². The summed E-state index contributed by atoms with van der Waals surface area (Å²) in [6, 6.07) is 8.57. The van der Waals surface area contributed by atoms with E-state index >= 15 is 0 Å². The molecule has 1 heterocycles. The molecule has 1 aromatic heterocycles. The molecule has 0 aliphatic heterocycles. The largest absolute Gasteiger partial charge is 0.350 e. The molecule has 0 bridgehead atoms. The molecule has 1 aromatic carbocycles. The summed E-state index contributed by atoms with van der Waals surface area (Å²) in [7, 11) is 2.08. The summed E-state index contributed by atoms with van der Waals surface area (Å²) in [5.74, 6) is 0. The van der Waals surface area contributed by atoms with E-state index < -0.39 is 0 Å². The Morgan fingerprint density at radius 3 is 2.71 bits per heavy atom. The van der Waals surface area contributed by atoms with Crippen LogP contribution in [0.15, 0.2) is 30.5 Å². The average Bonchev–Trinajstić information content (AvgIpc) is 3.16. The highest BCUT2D eigenvalue weighted by Gasteiger charge is 2.46. The highest BCUT2D eigenvalue weighted by molar-refractivity contribution is 5.85. The van der Waals surface area contributed by atoms with Gasteiger partial charge in [-0.2, -0.15) is 0 Å². The van der Waals surface area contributed by atoms with Gasteiger partial charge < -0.3 is 15.2 Å². The van der Waals surface area contributed by atoms with Gasteiger partial charge in [-0.15, -0.1) is 0 Å². The SMILES string of the molecule is CC(C)NC(=O)NCC1(c2cn(C)c3ccccc23)CC1. The number of para-hydroxylation sites is 1. The zero-order chi connectivity index (χ0) is 15.0. The first kappa shape index (κ1) is 14.0. The Morgan fingerprint density at radius 2 is 2.05 bits per heavy atom. The second-order valence-corrected chi connectivity index (χ2v) is 6.43. The van der Waals surface area contributed by atoms with Gasteiger partial charge in [-0.1, -0.05) is 18.2 Å². The van der Waals surface area contributed by atoms with E-state index in [9.17, 15) is 4.79 Å². The van der Waals surface area contributed by atoms with Crippen LogP contribution >= 0.6 is 0 Å². The molecule has 0 unspecified atom stereocenters. The quantitative estimate of drug-likeness (QED) is 0.891. The summed E-state index contributed by atoms with van der Waals surface area (Å²) in [4.78, 5) is 11.8. The van der Waals surface area contributed by atoms with Gasteiger partial charge in [-0.25, -0.2) is 4.79 Å². The number of hydrogen-bond acceptors (Lipinski definition) is 1. The van der Waals surface area contributed by atoms with Crippen LogP contribution in [0.3, 0.4) is 0 Å². The second kappa shape index (κ2) is 5.10. The summed E-state index contributed by atoms with van der Waals surface area (Å²) < 4.78 is 2.18. The third-order valence-corrected chi connectivity index (χ3v) is 4.33. The normalized spacial score (nSPS) is 16.2. The van der Waals surface area contributed by atoms with Gasteiger partial charge >= 0.3 is 6.03 Å². The van der Waals surface area contributed by atoms with E-state index in [0.29, 0.717) is 6.54 Å². The third-order valence-electron chi connectivity index (χ3n) is 4.33. The van der Waals surface area contributed by atoms with Crippen molar-refractivity contribution in [1.29, 1.82) is 0 Å². The topological polar surface area (TPSA) is 46.1 Å². The molecule has 4 nitrogen and oxygen atoms in total. The summed E-state index contributed by atoms with van der Waals surface area (Å²) >= 11 is 0. The highest BCUT2D eigenvalue weighted by Crippen LogP contribution is 2.50. The number of urea groups is 1. The van der Waals surface area contributed by atoms with Gasteiger partial charge in [-0.3, -0.25) is 0 Å². The van der Waals surface area contributed by atoms with Gasteiger partial charge in [0, 0.05) is 42.1 Å². The lowest BCUT2D eigenvalue weighted by atomic mass is 9.95. The van der Waals surface area contributed by atoms with Crippen LogP contribution in [0.1, 0.15) is 32.3 Å². The number of carbonyl (C=O) groups excluding carboxylic acids is 1. The predicted octanol–water partition coefficient (Wildman–Crippen LogP) is 2.92. The first-order chi connectivity index (χ1) is 10.0. The van der Waals surface area contributed by atoms with Crippen LogP contribution in [0.25, 0.3) is 10.9 Å². The van der Waals surface area contributed by atoms with Crippen molar-refractivity contribution >= 4 is 16.9 Å². The summed E-state index contributed by atoms with van der Waals surface area (Å²) in [5.41, 5.74) is 2.74. The predicted molar refractivity (Wildman–Crippen MR) is 85.5 cm³/mol. The Hall–Kier alpha value is -1.97. The van der Waals surface area contributed by atoms with Crippen molar-refractivity contribution in [3.8, 4) is 0 Å². The molecule has 3 rings (SSSR count). The Balaban J connectivity index is 1.80. The van der Waals surface area contributed by atoms with E-state index in [4.69, 9.17) is 0 Å². The molecule has 112 valence electrons. The fraction of sp³-hybridized carbons (Fsp3) is 0.471. The molecule has 2 aromatic rings. The molecular weight excluding hydrogens is 262 g/mol. The van der Waals surface area contributed by atoms with Crippen LogP contribution in [0.2, 0.25) is 0 Å². The number of rotatable bonds is 4. The van der Waals surface area contributed by atoms with E-state index in [1.807, 2.05) is 13.8 Å². The molecule has 1 saturated carbocycles. The van der Waals surface area contributed by atoms with Crippen LogP contribution in [0, 0.1) is 0 Å². The molecule has 21 heavy (non-hydrogen) atoms. The standard InChI is InChI=1S/C17H23N3O/c1-12(2)19-16(21)18-11-17(8-9-17)14-10-20(3)15-7-5-4-6-13(14)15/h4-7,10,12H,8-9,11H2,1-3H3,(H2,18,19,21). The van der Waals surface area contributed by atoms with Gasteiger partial charge in [0.1, 0.15) is 0 Å². The fourth-order valence-corrected chi connectivity index (χ4v) is 3.02. The van der Waals surface area contributed by atoms with Gasteiger partial charge in [-0.05, 0) is 38.3 Å². The molecule has 0 atom stereocenters. The Morgan fingerprint density at radius 1 is 1.33 bits per heavy atom. The monoisotopic (exact) mass is 285 g/mol. The molecule has 2 amide bonds. The maximum Gasteiger partial charge on any atom is 0.315 e. The lowest BCUT2D eigenvalue weighted by molar-refractivity contribution is 0.237. The molecular formula is C17H23N3O. The zero-order valence-corrected chi connectivity index (χ0v) is 12.9. The van der Waals surface area contributed by atoms with Crippen LogP contribution in [-0.4, -0.2) is 23.2 Å². The molecule has 2 N–H and O–H groups in total. The van der Waals surface area contributed by atoms with Gasteiger partial charge in [0.15, 0.2) is 0 Å². The van der Waals surface area contributed by atoms with Crippen molar-refractivity contribution in [1.82, 2.24) is 15.2 Å². The van der Waals surface area contributed by atoms with Crippen LogP contribution in [0.4, 0.5) is 4.79 Å². The van der Waals surface area contributed by atoms with Gasteiger partial charge in [0.25, 0.3) is 0 Å². The number of nitrogens with one attached hydrogen (secondary N) is 2. The maximum atomic E-state index is 11.8. The van der Waals surface area contributed by atoms with Crippen molar-refractivity contribution in [2.24, 2.45) is 7.05 Å². The Bertz CT molecular complexity index is 668. The van der Waals surface area contributed by atoms with Crippen LogP contribution in [-0.2, 0) is 12.5 Å². The molecule has 0 radical (unpaired) electrons. The average molecular weight is 285 g/mol. The third kappa shape index (κ3) is 2.62. The minimum absolute atomic E-state index is 0.0727. The van der Waals surface area contributed by atoms with E-state index in [0.717, 1.165) is 12.8 Å². The molecule has 1 fully saturated rings. The lowest BCUT2D eigenvalue weighted by Crippen LogP contribution is -2.42. The number of benzene rings is 1. The number of hydrogen-bond donors (Lipinski definition) is 2. The maximum absolute atomic E-state index is 11.8. The van der Waals surface area contributed by atoms with Crippen molar-refractivity contribution in [3.05, 3.63) is 36.0 Å². The number of fused-ring (bicyclic) bond motifs is 1. The smallest absolute Gasteiger partial charge is 0.315 e. The van der Waals surface area contributed by atoms with E-state index in [2.05, 4.69) is 52.7 Å². The van der Waals surface area contributed by atoms with Gasteiger partial charge in [0.2, 0.25) is 0 Å². The number of nitrogens with zero attached hydrogens (tertiary/aromatic N) is 1. The molecule has 0 spiro atoms. The summed E-state index contributed by atoms with van der Waals surface area (Å²) in [5, 5.41) is 7.22. The minimum Gasteiger partial charge on any atom is -0.350 e. The van der Waals surface area contributed by atoms with Crippen molar-refractivity contribution in [2.75, 3.05) is 6.54 Å². The molecule has 1 aliphatic carbocycles. The van der Waals surface area contributed by atoms with Crippen LogP contribution < -0.4 is 10.6 Å². The van der Waals surface area contributed by atoms with Gasteiger partial charge in [0.05, 0.1) is 0 Å². The zero-order valence-electron chi connectivity index (χ0n) is 12.9. The Labute approximate surface area is 125 Å². The summed E-state index contributed by atoms with van der Waals surface area (Å²) in [6.07, 6.45) is 4.51. The minimum atomic E-state index is -0.0727. The Kier molecular flexibility index (Phi) is 3.40. The molecule has 1 aliphatic rings. The number of carbonyl (C=O) groups is 1. The van der Waals surface area contributed by atoms with Crippen LogP contribution in [0.5, 0.6) is 0 Å².